The lowest BCUT2D eigenvalue weighted by Crippen LogP contribution is -2.09. The van der Waals surface area contributed by atoms with Crippen molar-refractivity contribution in [3.8, 4) is 12.1 Å². The van der Waals surface area contributed by atoms with E-state index in [-0.39, 0.29) is 23.0 Å². The predicted octanol–water partition coefficient (Wildman–Crippen LogP) is 3.28. The molecule has 1 N–H and O–H groups in total. The molecule has 0 spiro atoms. The van der Waals surface area contributed by atoms with Crippen LogP contribution in [-0.2, 0) is 4.74 Å². The lowest BCUT2D eigenvalue weighted by Gasteiger charge is -2.04. The third-order valence-corrected chi connectivity index (χ3v) is 4.54. The zero-order chi connectivity index (χ0) is 19.1. The molecule has 7 nitrogen and oxygen atoms in total. The fourth-order valence-corrected chi connectivity index (χ4v) is 3.26. The number of carbonyl (C=O) groups excluding carboxylic acids is 2. The molecule has 0 amide bonds. The normalized spacial score (nSPS) is 9.54. The number of carbonyl (C=O) groups is 2. The van der Waals surface area contributed by atoms with Gasteiger partial charge in [0, 0.05) is 5.56 Å². The monoisotopic (exact) mass is 366 g/mol. The summed E-state index contributed by atoms with van der Waals surface area (Å²) >= 11 is 1.02. The van der Waals surface area contributed by atoms with Crippen LogP contribution in [0, 0.1) is 29.6 Å². The lowest BCUT2D eigenvalue weighted by atomic mass is 10.0. The summed E-state index contributed by atoms with van der Waals surface area (Å²) in [5.74, 6) is -0.849. The number of rotatable bonds is 6. The highest BCUT2D eigenvalue weighted by Crippen LogP contribution is 2.35. The summed E-state index contributed by atoms with van der Waals surface area (Å²) in [6.45, 7) is 3.48. The summed E-state index contributed by atoms with van der Waals surface area (Å²) < 4.78 is 5.05. The molecule has 1 heterocycles. The van der Waals surface area contributed by atoms with Gasteiger partial charge in [-0.3, -0.25) is 10.2 Å². The van der Waals surface area contributed by atoms with E-state index < -0.39 is 11.7 Å². The van der Waals surface area contributed by atoms with Crippen molar-refractivity contribution >= 4 is 33.8 Å². The van der Waals surface area contributed by atoms with Crippen LogP contribution in [0.4, 0.5) is 5.00 Å². The van der Waals surface area contributed by atoms with Gasteiger partial charge in [-0.15, -0.1) is 11.3 Å². The van der Waals surface area contributed by atoms with Gasteiger partial charge in [0.1, 0.15) is 17.1 Å². The van der Waals surface area contributed by atoms with Crippen LogP contribution >= 0.6 is 11.3 Å². The van der Waals surface area contributed by atoms with Crippen LogP contribution < -0.4 is 5.43 Å². The molecule has 0 aliphatic rings. The molecule has 0 saturated heterocycles. The molecule has 0 unspecified atom stereocenters. The standard InChI is InChI=1S/C18H14N4O3S/c1-3-25-18(24)14-11(2)16(15(23)12-7-5-4-6-8-12)26-17(14)22-21-13(9-19)10-20/h4-8,22H,3H2,1-2H3. The smallest absolute Gasteiger partial charge is 0.341 e. The van der Waals surface area contributed by atoms with E-state index in [2.05, 4.69) is 10.5 Å². The Morgan fingerprint density at radius 3 is 2.46 bits per heavy atom. The molecule has 2 aromatic rings. The molecule has 26 heavy (non-hydrogen) atoms. The van der Waals surface area contributed by atoms with Crippen molar-refractivity contribution in [2.45, 2.75) is 13.8 Å². The molecule has 0 radical (unpaired) electrons. The SMILES string of the molecule is CCOC(=O)c1c(NN=C(C#N)C#N)sc(C(=O)c2ccccc2)c1C. The van der Waals surface area contributed by atoms with Gasteiger partial charge in [-0.2, -0.15) is 15.6 Å². The summed E-state index contributed by atoms with van der Waals surface area (Å²) in [7, 11) is 0. The number of hydrogen-bond donors (Lipinski definition) is 1. The second-order valence-corrected chi connectivity index (χ2v) is 5.99. The molecule has 0 saturated carbocycles. The van der Waals surface area contributed by atoms with E-state index in [0.29, 0.717) is 16.0 Å². The minimum absolute atomic E-state index is 0.162. The number of hydrogen-bond acceptors (Lipinski definition) is 8. The van der Waals surface area contributed by atoms with Crippen molar-refractivity contribution < 1.29 is 14.3 Å². The number of ether oxygens (including phenoxy) is 1. The number of thiophene rings is 1. The van der Waals surface area contributed by atoms with Crippen molar-refractivity contribution in [1.82, 2.24) is 0 Å². The van der Waals surface area contributed by atoms with Crippen molar-refractivity contribution in [2.75, 3.05) is 12.0 Å². The largest absolute Gasteiger partial charge is 0.462 e. The minimum atomic E-state index is -0.610. The third-order valence-electron chi connectivity index (χ3n) is 3.35. The van der Waals surface area contributed by atoms with Gasteiger partial charge in [-0.1, -0.05) is 30.3 Å². The molecule has 2 rings (SSSR count). The Kier molecular flexibility index (Phi) is 6.20. The molecular formula is C18H14N4O3S. The molecule has 130 valence electrons. The van der Waals surface area contributed by atoms with Crippen LogP contribution in [0.3, 0.4) is 0 Å². The van der Waals surface area contributed by atoms with E-state index in [9.17, 15) is 9.59 Å². The molecular weight excluding hydrogens is 352 g/mol. The highest BCUT2D eigenvalue weighted by atomic mass is 32.1. The number of nitriles is 2. The Morgan fingerprint density at radius 2 is 1.88 bits per heavy atom. The van der Waals surface area contributed by atoms with Gasteiger partial charge < -0.3 is 4.74 Å². The first-order valence-electron chi connectivity index (χ1n) is 7.57. The maximum atomic E-state index is 12.8. The zero-order valence-corrected chi connectivity index (χ0v) is 14.9. The quantitative estimate of drug-likeness (QED) is 0.363. The summed E-state index contributed by atoms with van der Waals surface area (Å²) in [5, 5.41) is 21.5. The highest BCUT2D eigenvalue weighted by molar-refractivity contribution is 7.18. The average molecular weight is 366 g/mol. The van der Waals surface area contributed by atoms with Crippen LogP contribution in [0.5, 0.6) is 0 Å². The van der Waals surface area contributed by atoms with Gasteiger partial charge in [-0.05, 0) is 19.4 Å². The van der Waals surface area contributed by atoms with Crippen molar-refractivity contribution in [3.63, 3.8) is 0 Å². The van der Waals surface area contributed by atoms with Gasteiger partial charge >= 0.3 is 5.97 Å². The van der Waals surface area contributed by atoms with Crippen LogP contribution in [0.25, 0.3) is 0 Å². The Labute approximate surface area is 154 Å². The number of benzene rings is 1. The Bertz CT molecular complexity index is 933. The van der Waals surface area contributed by atoms with Crippen LogP contribution in [0.15, 0.2) is 35.4 Å². The molecule has 1 aromatic heterocycles. The van der Waals surface area contributed by atoms with Crippen LogP contribution in [0.2, 0.25) is 0 Å². The van der Waals surface area contributed by atoms with E-state index in [1.54, 1.807) is 56.3 Å². The first kappa shape index (κ1) is 18.8. The number of nitrogens with zero attached hydrogens (tertiary/aromatic N) is 3. The Balaban J connectivity index is 2.52. The van der Waals surface area contributed by atoms with E-state index in [1.807, 2.05) is 0 Å². The third kappa shape index (κ3) is 3.94. The Hall–Kier alpha value is -3.49. The molecule has 0 aliphatic heterocycles. The second kappa shape index (κ2) is 8.56. The van der Waals surface area contributed by atoms with E-state index in [1.165, 1.54) is 0 Å². The van der Waals surface area contributed by atoms with Crippen molar-refractivity contribution in [2.24, 2.45) is 5.10 Å². The first-order valence-corrected chi connectivity index (χ1v) is 8.39. The summed E-state index contributed by atoms with van der Waals surface area (Å²) in [6, 6.07) is 11.9. The van der Waals surface area contributed by atoms with Crippen molar-refractivity contribution in [1.29, 1.82) is 10.5 Å². The highest BCUT2D eigenvalue weighted by Gasteiger charge is 2.26. The fraction of sp³-hybridized carbons (Fsp3) is 0.167. The average Bonchev–Trinajstić information content (AvgIpc) is 2.99. The Morgan fingerprint density at radius 1 is 1.23 bits per heavy atom. The zero-order valence-electron chi connectivity index (χ0n) is 14.1. The number of hydrazone groups is 1. The van der Waals surface area contributed by atoms with Gasteiger partial charge in [0.15, 0.2) is 0 Å². The van der Waals surface area contributed by atoms with Gasteiger partial charge in [-0.25, -0.2) is 4.79 Å². The first-order chi connectivity index (χ1) is 12.5. The van der Waals surface area contributed by atoms with E-state index in [0.717, 1.165) is 11.3 Å². The number of nitrogens with one attached hydrogen (secondary N) is 1. The summed E-state index contributed by atoms with van der Waals surface area (Å²) in [4.78, 5) is 25.4. The topological polar surface area (TPSA) is 115 Å². The maximum absolute atomic E-state index is 12.8. The molecule has 0 bridgehead atoms. The van der Waals surface area contributed by atoms with Crippen LogP contribution in [-0.4, -0.2) is 24.1 Å². The molecule has 0 atom stereocenters. The van der Waals surface area contributed by atoms with Gasteiger partial charge in [0.25, 0.3) is 0 Å². The summed E-state index contributed by atoms with van der Waals surface area (Å²) in [6.07, 6.45) is 0. The van der Waals surface area contributed by atoms with Gasteiger partial charge in [0.05, 0.1) is 17.0 Å². The number of esters is 1. The van der Waals surface area contributed by atoms with E-state index in [4.69, 9.17) is 15.3 Å². The lowest BCUT2D eigenvalue weighted by molar-refractivity contribution is 0.0527. The molecule has 0 aliphatic carbocycles. The maximum Gasteiger partial charge on any atom is 0.341 e. The predicted molar refractivity (Wildman–Crippen MR) is 97.2 cm³/mol. The van der Waals surface area contributed by atoms with Crippen LogP contribution in [0.1, 0.15) is 38.1 Å². The molecule has 0 fully saturated rings. The fourth-order valence-electron chi connectivity index (χ4n) is 2.16. The van der Waals surface area contributed by atoms with Gasteiger partial charge in [0.2, 0.25) is 11.5 Å². The second-order valence-electron chi connectivity index (χ2n) is 4.97. The molecule has 1 aromatic carbocycles. The summed E-state index contributed by atoms with van der Waals surface area (Å²) in [5.41, 5.74) is 3.23. The van der Waals surface area contributed by atoms with Crippen molar-refractivity contribution in [3.05, 3.63) is 51.9 Å². The molecule has 8 heteroatoms. The number of ketones is 1. The minimum Gasteiger partial charge on any atom is -0.462 e. The van der Waals surface area contributed by atoms with E-state index >= 15 is 0 Å². The number of anilines is 1.